The van der Waals surface area contributed by atoms with Gasteiger partial charge in [-0.1, -0.05) is 0 Å². The number of carboxylic acids is 1. The number of ether oxygens (including phenoxy) is 1. The predicted octanol–water partition coefficient (Wildman–Crippen LogP) is 1.67. The van der Waals surface area contributed by atoms with Crippen molar-refractivity contribution in [3.8, 4) is 23.0 Å². The van der Waals surface area contributed by atoms with Gasteiger partial charge in [-0.2, -0.15) is 5.10 Å². The molecule has 0 saturated carbocycles. The highest BCUT2D eigenvalue weighted by Gasteiger charge is 2.17. The van der Waals surface area contributed by atoms with Crippen molar-refractivity contribution in [2.75, 3.05) is 7.11 Å². The molecule has 3 aromatic rings. The third-order valence-electron chi connectivity index (χ3n) is 3.08. The summed E-state index contributed by atoms with van der Waals surface area (Å²) in [6.45, 7) is 1.82. The van der Waals surface area contributed by atoms with Crippen LogP contribution in [0.15, 0.2) is 30.6 Å². The second kappa shape index (κ2) is 5.32. The van der Waals surface area contributed by atoms with E-state index in [1.807, 2.05) is 6.92 Å². The highest BCUT2D eigenvalue weighted by Crippen LogP contribution is 2.23. The fourth-order valence-electron chi connectivity index (χ4n) is 2.04. The summed E-state index contributed by atoms with van der Waals surface area (Å²) in [6, 6.07) is 4.91. The van der Waals surface area contributed by atoms with Crippen LogP contribution in [0.1, 0.15) is 16.3 Å². The molecule has 0 bridgehead atoms. The molecule has 112 valence electrons. The maximum Gasteiger partial charge on any atom is 0.356 e. The number of carboxylic acid groups (broad SMARTS) is 1. The highest BCUT2D eigenvalue weighted by atomic mass is 16.5. The lowest BCUT2D eigenvalue weighted by molar-refractivity contribution is 0.0690. The smallest absolute Gasteiger partial charge is 0.356 e. The molecular formula is C14H13N5O3. The van der Waals surface area contributed by atoms with E-state index in [1.54, 1.807) is 24.5 Å². The number of H-pyrrole nitrogens is 1. The number of hydrogen-bond donors (Lipinski definition) is 2. The molecule has 0 aliphatic carbocycles. The monoisotopic (exact) mass is 299 g/mol. The third-order valence-corrected chi connectivity index (χ3v) is 3.08. The molecule has 0 aromatic carbocycles. The van der Waals surface area contributed by atoms with Gasteiger partial charge in [0.2, 0.25) is 5.88 Å². The summed E-state index contributed by atoms with van der Waals surface area (Å²) in [5.74, 6) is 0.0958. The van der Waals surface area contributed by atoms with Crippen molar-refractivity contribution in [3.05, 3.63) is 42.1 Å². The van der Waals surface area contributed by atoms with E-state index < -0.39 is 5.97 Å². The Labute approximate surface area is 125 Å². The molecule has 3 aromatic heterocycles. The van der Waals surface area contributed by atoms with Crippen LogP contribution < -0.4 is 4.74 Å². The summed E-state index contributed by atoms with van der Waals surface area (Å²) in [7, 11) is 1.53. The van der Waals surface area contributed by atoms with Crippen LogP contribution in [-0.4, -0.2) is 42.9 Å². The average Bonchev–Trinajstić information content (AvgIpc) is 3.13. The van der Waals surface area contributed by atoms with E-state index in [0.717, 1.165) is 5.82 Å². The Hall–Kier alpha value is -3.16. The van der Waals surface area contributed by atoms with Crippen LogP contribution in [0.5, 0.6) is 5.88 Å². The number of aryl methyl sites for hydroxylation is 1. The van der Waals surface area contributed by atoms with E-state index in [0.29, 0.717) is 23.0 Å². The number of hydrogen-bond acceptors (Lipinski definition) is 5. The van der Waals surface area contributed by atoms with E-state index in [4.69, 9.17) is 9.84 Å². The Morgan fingerprint density at radius 3 is 2.68 bits per heavy atom. The van der Waals surface area contributed by atoms with Crippen molar-refractivity contribution in [1.82, 2.24) is 24.7 Å². The molecule has 0 aliphatic heterocycles. The average molecular weight is 299 g/mol. The number of imidazole rings is 1. The summed E-state index contributed by atoms with van der Waals surface area (Å²) < 4.78 is 6.52. The maximum absolute atomic E-state index is 11.2. The van der Waals surface area contributed by atoms with Gasteiger partial charge in [-0.25, -0.2) is 19.4 Å². The van der Waals surface area contributed by atoms with Crippen molar-refractivity contribution in [2.24, 2.45) is 0 Å². The first-order valence-corrected chi connectivity index (χ1v) is 6.44. The van der Waals surface area contributed by atoms with Gasteiger partial charge in [0, 0.05) is 12.1 Å². The van der Waals surface area contributed by atoms with Crippen LogP contribution in [0.25, 0.3) is 17.1 Å². The Morgan fingerprint density at radius 2 is 2.14 bits per heavy atom. The van der Waals surface area contributed by atoms with Gasteiger partial charge >= 0.3 is 5.97 Å². The standard InChI is InChI=1S/C14H13N5O3/c1-8-15-7-11(17-8)12-5-10(14(20)21)18-19(12)9-3-4-13(22-2)16-6-9/h3-7H,1-2H3,(H,15,17)(H,20,21). The molecule has 8 nitrogen and oxygen atoms in total. The Kier molecular flexibility index (Phi) is 3.34. The minimum atomic E-state index is -1.10. The zero-order valence-electron chi connectivity index (χ0n) is 11.9. The van der Waals surface area contributed by atoms with Gasteiger partial charge in [-0.15, -0.1) is 0 Å². The van der Waals surface area contributed by atoms with Crippen molar-refractivity contribution < 1.29 is 14.6 Å². The van der Waals surface area contributed by atoms with Crippen molar-refractivity contribution >= 4 is 5.97 Å². The molecule has 0 aliphatic rings. The van der Waals surface area contributed by atoms with Gasteiger partial charge in [-0.3, -0.25) is 0 Å². The van der Waals surface area contributed by atoms with Gasteiger partial charge in [0.25, 0.3) is 0 Å². The van der Waals surface area contributed by atoms with E-state index in [2.05, 4.69) is 20.1 Å². The predicted molar refractivity (Wildman–Crippen MR) is 77.2 cm³/mol. The lowest BCUT2D eigenvalue weighted by Gasteiger charge is -2.06. The quantitative estimate of drug-likeness (QED) is 0.759. The molecule has 0 radical (unpaired) electrons. The van der Waals surface area contributed by atoms with Crippen LogP contribution in [0.3, 0.4) is 0 Å². The molecule has 0 atom stereocenters. The minimum Gasteiger partial charge on any atom is -0.481 e. The molecule has 3 heterocycles. The van der Waals surface area contributed by atoms with Crippen LogP contribution >= 0.6 is 0 Å². The molecule has 0 unspecified atom stereocenters. The lowest BCUT2D eigenvalue weighted by atomic mass is 10.3. The molecule has 0 fully saturated rings. The fraction of sp³-hybridized carbons (Fsp3) is 0.143. The molecule has 0 spiro atoms. The van der Waals surface area contributed by atoms with Crippen LogP contribution in [-0.2, 0) is 0 Å². The van der Waals surface area contributed by atoms with Gasteiger partial charge in [0.05, 0.1) is 36.6 Å². The summed E-state index contributed by atoms with van der Waals surface area (Å²) in [5, 5.41) is 13.3. The lowest BCUT2D eigenvalue weighted by Crippen LogP contribution is -2.03. The normalized spacial score (nSPS) is 10.6. The number of carbonyl (C=O) groups is 1. The number of pyridine rings is 1. The summed E-state index contributed by atoms with van der Waals surface area (Å²) in [6.07, 6.45) is 3.19. The first-order valence-electron chi connectivity index (χ1n) is 6.44. The Morgan fingerprint density at radius 1 is 1.32 bits per heavy atom. The largest absolute Gasteiger partial charge is 0.481 e. The van der Waals surface area contributed by atoms with Gasteiger partial charge in [0.15, 0.2) is 5.69 Å². The molecule has 8 heteroatoms. The molecule has 22 heavy (non-hydrogen) atoms. The number of methoxy groups -OCH3 is 1. The first-order chi connectivity index (χ1) is 10.6. The zero-order chi connectivity index (χ0) is 15.7. The van der Waals surface area contributed by atoms with Crippen LogP contribution in [0.2, 0.25) is 0 Å². The Bertz CT molecular complexity index is 819. The van der Waals surface area contributed by atoms with E-state index in [1.165, 1.54) is 17.9 Å². The van der Waals surface area contributed by atoms with Crippen LogP contribution in [0.4, 0.5) is 0 Å². The van der Waals surface area contributed by atoms with Crippen molar-refractivity contribution in [1.29, 1.82) is 0 Å². The number of aromatic carboxylic acids is 1. The molecule has 0 saturated heterocycles. The number of rotatable bonds is 4. The van der Waals surface area contributed by atoms with Gasteiger partial charge in [-0.05, 0) is 13.0 Å². The second-order valence-corrected chi connectivity index (χ2v) is 4.57. The first kappa shape index (κ1) is 13.8. The number of aromatic nitrogens is 5. The van der Waals surface area contributed by atoms with Gasteiger partial charge < -0.3 is 14.8 Å². The molecular weight excluding hydrogens is 286 g/mol. The van der Waals surface area contributed by atoms with Crippen molar-refractivity contribution in [2.45, 2.75) is 6.92 Å². The summed E-state index contributed by atoms with van der Waals surface area (Å²) in [4.78, 5) is 22.5. The summed E-state index contributed by atoms with van der Waals surface area (Å²) >= 11 is 0. The second-order valence-electron chi connectivity index (χ2n) is 4.57. The summed E-state index contributed by atoms with van der Waals surface area (Å²) in [5.41, 5.74) is 1.83. The number of nitrogens with zero attached hydrogens (tertiary/aromatic N) is 4. The topological polar surface area (TPSA) is 106 Å². The molecule has 3 rings (SSSR count). The van der Waals surface area contributed by atoms with Crippen LogP contribution in [0, 0.1) is 6.92 Å². The van der Waals surface area contributed by atoms with E-state index >= 15 is 0 Å². The molecule has 0 amide bonds. The van der Waals surface area contributed by atoms with E-state index in [-0.39, 0.29) is 5.69 Å². The number of nitrogens with one attached hydrogen (secondary N) is 1. The highest BCUT2D eigenvalue weighted by molar-refractivity contribution is 5.87. The van der Waals surface area contributed by atoms with Crippen molar-refractivity contribution in [3.63, 3.8) is 0 Å². The van der Waals surface area contributed by atoms with Gasteiger partial charge in [0.1, 0.15) is 5.82 Å². The zero-order valence-corrected chi connectivity index (χ0v) is 11.9. The SMILES string of the molecule is COc1ccc(-n2nc(C(=O)O)cc2-c2cnc(C)[nH]2)cn1. The number of aromatic amines is 1. The Balaban J connectivity index is 2.14. The third kappa shape index (κ3) is 2.41. The molecule has 2 N–H and O–H groups in total. The minimum absolute atomic E-state index is 0.0573. The fourth-order valence-corrected chi connectivity index (χ4v) is 2.04. The van der Waals surface area contributed by atoms with E-state index in [9.17, 15) is 4.79 Å². The maximum atomic E-state index is 11.2.